The third kappa shape index (κ3) is 5.89. The predicted molar refractivity (Wildman–Crippen MR) is 128 cm³/mol. The van der Waals surface area contributed by atoms with E-state index in [-0.39, 0.29) is 29.4 Å². The fraction of sp³-hybridized carbons (Fsp3) is 0.241. The molecule has 0 aliphatic carbocycles. The Kier molecular flexibility index (Phi) is 7.76. The summed E-state index contributed by atoms with van der Waals surface area (Å²) in [6, 6.07) is 13.7. The van der Waals surface area contributed by atoms with Gasteiger partial charge in [0.2, 0.25) is 0 Å². The van der Waals surface area contributed by atoms with Crippen molar-refractivity contribution in [2.24, 2.45) is 0 Å². The molecule has 0 bridgehead atoms. The number of hydrogen-bond acceptors (Lipinski definition) is 1. The average molecular weight is 520 g/mol. The summed E-state index contributed by atoms with van der Waals surface area (Å²) in [5.41, 5.74) is -0.844. The second kappa shape index (κ2) is 10.8. The van der Waals surface area contributed by atoms with Crippen molar-refractivity contribution in [3.8, 4) is 16.9 Å². The molecule has 4 aromatic carbocycles. The molecule has 0 N–H and O–H groups in total. The van der Waals surface area contributed by atoms with E-state index in [4.69, 9.17) is 4.74 Å². The lowest BCUT2D eigenvalue weighted by molar-refractivity contribution is -0.142. The SMILES string of the molecule is CCCCOc1ccc(-c2ccc3c(F)c(CCc4cc(F)c(C(F)(F)F)c(F)c4)ccc3c2)c(F)c1. The molecule has 0 spiro atoms. The van der Waals surface area contributed by atoms with Crippen molar-refractivity contribution >= 4 is 10.8 Å². The van der Waals surface area contributed by atoms with Crippen LogP contribution in [0.1, 0.15) is 36.5 Å². The Bertz CT molecular complexity index is 1400. The van der Waals surface area contributed by atoms with Crippen LogP contribution in [0.15, 0.2) is 60.7 Å². The quantitative estimate of drug-likeness (QED) is 0.166. The van der Waals surface area contributed by atoms with E-state index in [9.17, 15) is 26.3 Å². The normalized spacial score (nSPS) is 11.8. The summed E-state index contributed by atoms with van der Waals surface area (Å²) >= 11 is 0. The van der Waals surface area contributed by atoms with Crippen molar-refractivity contribution < 1.29 is 35.5 Å². The number of unbranched alkanes of at least 4 members (excludes halogenated alkanes) is 1. The number of fused-ring (bicyclic) bond motifs is 1. The summed E-state index contributed by atoms with van der Waals surface area (Å²) in [7, 11) is 0. The van der Waals surface area contributed by atoms with Crippen LogP contribution in [0, 0.1) is 23.3 Å². The van der Waals surface area contributed by atoms with Crippen LogP contribution in [0.5, 0.6) is 5.75 Å². The highest BCUT2D eigenvalue weighted by Crippen LogP contribution is 2.35. The highest BCUT2D eigenvalue weighted by Gasteiger charge is 2.37. The lowest BCUT2D eigenvalue weighted by Crippen LogP contribution is -2.12. The fourth-order valence-corrected chi connectivity index (χ4v) is 4.17. The standard InChI is InChI=1S/C29H23F7O/c1-2-3-12-37-21-9-11-22(24(30)16-21)19-8-10-23-20(15-19)7-6-18(28(23)33)5-4-17-13-25(31)27(26(32)14-17)29(34,35)36/h6-11,13-16H,2-5,12H2,1H3. The van der Waals surface area contributed by atoms with Crippen molar-refractivity contribution in [1.82, 2.24) is 0 Å². The molecule has 8 heteroatoms. The van der Waals surface area contributed by atoms with Crippen molar-refractivity contribution in [1.29, 1.82) is 0 Å². The lowest BCUT2D eigenvalue weighted by atomic mass is 9.96. The van der Waals surface area contributed by atoms with E-state index in [1.165, 1.54) is 18.2 Å². The maximum absolute atomic E-state index is 15.2. The van der Waals surface area contributed by atoms with Gasteiger partial charge >= 0.3 is 6.18 Å². The van der Waals surface area contributed by atoms with Gasteiger partial charge in [-0.05, 0) is 71.7 Å². The van der Waals surface area contributed by atoms with Gasteiger partial charge in [0, 0.05) is 17.0 Å². The van der Waals surface area contributed by atoms with Gasteiger partial charge in [-0.15, -0.1) is 0 Å². The van der Waals surface area contributed by atoms with E-state index in [1.54, 1.807) is 30.3 Å². The molecule has 4 rings (SSSR count). The Labute approximate surface area is 209 Å². The first-order chi connectivity index (χ1) is 17.6. The van der Waals surface area contributed by atoms with Crippen molar-refractivity contribution in [2.75, 3.05) is 6.61 Å². The van der Waals surface area contributed by atoms with E-state index in [1.807, 2.05) is 6.92 Å². The van der Waals surface area contributed by atoms with E-state index in [0.717, 1.165) is 12.8 Å². The highest BCUT2D eigenvalue weighted by atomic mass is 19.4. The van der Waals surface area contributed by atoms with Crippen LogP contribution >= 0.6 is 0 Å². The largest absolute Gasteiger partial charge is 0.493 e. The molecule has 0 amide bonds. The van der Waals surface area contributed by atoms with Gasteiger partial charge in [-0.2, -0.15) is 13.2 Å². The molecule has 194 valence electrons. The van der Waals surface area contributed by atoms with Gasteiger partial charge in [0.05, 0.1) is 6.61 Å². The Morgan fingerprint density at radius 3 is 2.14 bits per heavy atom. The highest BCUT2D eigenvalue weighted by molar-refractivity contribution is 5.88. The van der Waals surface area contributed by atoms with Gasteiger partial charge in [-0.1, -0.05) is 37.6 Å². The summed E-state index contributed by atoms with van der Waals surface area (Å²) in [5, 5.41) is 0.791. The van der Waals surface area contributed by atoms with Gasteiger partial charge in [0.15, 0.2) is 0 Å². The zero-order valence-corrected chi connectivity index (χ0v) is 19.9. The Morgan fingerprint density at radius 2 is 1.49 bits per heavy atom. The van der Waals surface area contributed by atoms with E-state index < -0.39 is 35.0 Å². The Balaban J connectivity index is 1.54. The number of aryl methyl sites for hydroxylation is 2. The summed E-state index contributed by atoms with van der Waals surface area (Å²) in [4.78, 5) is 0. The van der Waals surface area contributed by atoms with Crippen LogP contribution in [-0.2, 0) is 19.0 Å². The Morgan fingerprint density at radius 1 is 0.757 bits per heavy atom. The second-order valence-electron chi connectivity index (χ2n) is 8.75. The molecule has 0 saturated heterocycles. The number of halogens is 7. The summed E-state index contributed by atoms with van der Waals surface area (Å²) in [6.45, 7) is 2.52. The smallest absolute Gasteiger partial charge is 0.422 e. The van der Waals surface area contributed by atoms with Gasteiger partial charge in [0.1, 0.15) is 34.6 Å². The van der Waals surface area contributed by atoms with E-state index >= 15 is 4.39 Å². The molecular formula is C29H23F7O. The van der Waals surface area contributed by atoms with Gasteiger partial charge < -0.3 is 4.74 Å². The Hall–Kier alpha value is -3.55. The molecule has 0 aliphatic heterocycles. The zero-order valence-electron chi connectivity index (χ0n) is 19.9. The van der Waals surface area contributed by atoms with Gasteiger partial charge in [0.25, 0.3) is 0 Å². The second-order valence-corrected chi connectivity index (χ2v) is 8.75. The molecule has 37 heavy (non-hydrogen) atoms. The van der Waals surface area contributed by atoms with Crippen molar-refractivity contribution in [2.45, 2.75) is 38.8 Å². The molecule has 0 radical (unpaired) electrons. The molecule has 0 aliphatic rings. The molecule has 4 aromatic rings. The third-order valence-electron chi connectivity index (χ3n) is 6.12. The fourth-order valence-electron chi connectivity index (χ4n) is 4.17. The number of benzene rings is 4. The summed E-state index contributed by atoms with van der Waals surface area (Å²) < 4.78 is 101. The zero-order chi connectivity index (χ0) is 26.7. The number of hydrogen-bond donors (Lipinski definition) is 0. The first kappa shape index (κ1) is 26.5. The topological polar surface area (TPSA) is 9.23 Å². The molecular weight excluding hydrogens is 497 g/mol. The first-order valence-corrected chi connectivity index (χ1v) is 11.8. The minimum atomic E-state index is -5.15. The van der Waals surface area contributed by atoms with Crippen LogP contribution in [-0.4, -0.2) is 6.61 Å². The minimum absolute atomic E-state index is 0.0158. The number of ether oxygens (including phenoxy) is 1. The lowest BCUT2D eigenvalue weighted by Gasteiger charge is -2.12. The van der Waals surface area contributed by atoms with E-state index in [2.05, 4.69) is 0 Å². The molecule has 0 fully saturated rings. The van der Waals surface area contributed by atoms with Gasteiger partial charge in [-0.3, -0.25) is 0 Å². The van der Waals surface area contributed by atoms with Crippen LogP contribution in [0.25, 0.3) is 21.9 Å². The van der Waals surface area contributed by atoms with E-state index in [0.29, 0.717) is 41.0 Å². The first-order valence-electron chi connectivity index (χ1n) is 11.8. The number of rotatable bonds is 8. The van der Waals surface area contributed by atoms with Crippen molar-refractivity contribution in [3.05, 3.63) is 101 Å². The van der Waals surface area contributed by atoms with Crippen LogP contribution < -0.4 is 4.74 Å². The maximum Gasteiger partial charge on any atom is 0.422 e. The minimum Gasteiger partial charge on any atom is -0.493 e. The molecule has 0 unspecified atom stereocenters. The van der Waals surface area contributed by atoms with Crippen LogP contribution in [0.3, 0.4) is 0 Å². The molecule has 0 aromatic heterocycles. The molecule has 0 saturated carbocycles. The van der Waals surface area contributed by atoms with Crippen LogP contribution in [0.2, 0.25) is 0 Å². The van der Waals surface area contributed by atoms with Gasteiger partial charge in [-0.25, -0.2) is 17.6 Å². The molecule has 0 atom stereocenters. The summed E-state index contributed by atoms with van der Waals surface area (Å²) in [5.74, 6) is -4.01. The maximum atomic E-state index is 15.2. The van der Waals surface area contributed by atoms with Crippen molar-refractivity contribution in [3.63, 3.8) is 0 Å². The monoisotopic (exact) mass is 520 g/mol. The van der Waals surface area contributed by atoms with Crippen LogP contribution in [0.4, 0.5) is 30.7 Å². The third-order valence-corrected chi connectivity index (χ3v) is 6.12. The average Bonchev–Trinajstić information content (AvgIpc) is 2.82. The molecule has 1 nitrogen and oxygen atoms in total. The predicted octanol–water partition coefficient (Wildman–Crippen LogP) is 9.05. The number of alkyl halides is 3. The molecule has 0 heterocycles. The summed E-state index contributed by atoms with van der Waals surface area (Å²) in [6.07, 6.45) is -3.38.